The molecular formula is C19H16O4. The number of aromatic carboxylic acids is 1. The molecule has 4 heteroatoms. The van der Waals surface area contributed by atoms with Crippen LogP contribution in [0, 0.1) is 0 Å². The molecule has 0 aliphatic heterocycles. The van der Waals surface area contributed by atoms with Gasteiger partial charge in [0.1, 0.15) is 5.75 Å². The van der Waals surface area contributed by atoms with Crippen molar-refractivity contribution in [2.75, 3.05) is 6.61 Å². The number of aliphatic hydroxyl groups excluding tert-OH is 1. The van der Waals surface area contributed by atoms with Gasteiger partial charge in [-0.15, -0.1) is 0 Å². The van der Waals surface area contributed by atoms with Crippen molar-refractivity contribution in [2.24, 2.45) is 0 Å². The molecule has 23 heavy (non-hydrogen) atoms. The van der Waals surface area contributed by atoms with Crippen LogP contribution in [0.3, 0.4) is 0 Å². The Kier molecular flexibility index (Phi) is 4.00. The second kappa shape index (κ2) is 6.10. The smallest absolute Gasteiger partial charge is 0.336 e. The van der Waals surface area contributed by atoms with E-state index in [1.807, 2.05) is 30.3 Å². The van der Waals surface area contributed by atoms with E-state index in [0.717, 1.165) is 16.5 Å². The predicted molar refractivity (Wildman–Crippen MR) is 88.8 cm³/mol. The summed E-state index contributed by atoms with van der Waals surface area (Å²) < 4.78 is 0. The number of aromatic hydroxyl groups is 1. The van der Waals surface area contributed by atoms with Crippen LogP contribution < -0.4 is 0 Å². The average Bonchev–Trinajstić information content (AvgIpc) is 2.55. The molecule has 0 radical (unpaired) electrons. The van der Waals surface area contributed by atoms with E-state index in [4.69, 9.17) is 0 Å². The van der Waals surface area contributed by atoms with Crippen LogP contribution in [0.1, 0.15) is 15.9 Å². The largest absolute Gasteiger partial charge is 0.508 e. The van der Waals surface area contributed by atoms with Crippen molar-refractivity contribution >= 4 is 16.7 Å². The second-order valence-corrected chi connectivity index (χ2v) is 5.33. The SMILES string of the molecule is O=C(O)c1cc2cc(O)ccc2c(-c2ccccc2)c1CCO. The highest BCUT2D eigenvalue weighted by atomic mass is 16.4. The van der Waals surface area contributed by atoms with Crippen LogP contribution >= 0.6 is 0 Å². The number of carboxylic acids is 1. The summed E-state index contributed by atoms with van der Waals surface area (Å²) in [6.45, 7) is -0.135. The molecule has 0 saturated carbocycles. The number of carbonyl (C=O) groups is 1. The fourth-order valence-corrected chi connectivity index (χ4v) is 2.93. The third kappa shape index (κ3) is 2.76. The monoisotopic (exact) mass is 308 g/mol. The van der Waals surface area contributed by atoms with Gasteiger partial charge in [-0.05, 0) is 52.1 Å². The highest BCUT2D eigenvalue weighted by Crippen LogP contribution is 2.36. The Hall–Kier alpha value is -2.85. The van der Waals surface area contributed by atoms with Gasteiger partial charge in [0, 0.05) is 6.61 Å². The van der Waals surface area contributed by atoms with Crippen LogP contribution in [-0.4, -0.2) is 27.9 Å². The molecule has 0 bridgehead atoms. The van der Waals surface area contributed by atoms with E-state index in [1.165, 1.54) is 0 Å². The van der Waals surface area contributed by atoms with Gasteiger partial charge in [0.05, 0.1) is 5.56 Å². The zero-order valence-corrected chi connectivity index (χ0v) is 12.4. The molecule has 0 amide bonds. The third-order valence-electron chi connectivity index (χ3n) is 3.89. The summed E-state index contributed by atoms with van der Waals surface area (Å²) in [5, 5.41) is 30.1. The van der Waals surface area contributed by atoms with Crippen molar-refractivity contribution in [3.63, 3.8) is 0 Å². The average molecular weight is 308 g/mol. The van der Waals surface area contributed by atoms with Gasteiger partial charge < -0.3 is 15.3 Å². The first kappa shape index (κ1) is 15.1. The molecule has 0 heterocycles. The van der Waals surface area contributed by atoms with E-state index >= 15 is 0 Å². The highest BCUT2D eigenvalue weighted by Gasteiger charge is 2.19. The number of hydrogen-bond acceptors (Lipinski definition) is 3. The Morgan fingerprint density at radius 2 is 1.74 bits per heavy atom. The maximum Gasteiger partial charge on any atom is 0.336 e. The number of aliphatic hydroxyl groups is 1. The molecule has 3 aromatic carbocycles. The van der Waals surface area contributed by atoms with Crippen LogP contribution in [-0.2, 0) is 6.42 Å². The molecule has 0 aliphatic carbocycles. The first-order valence-corrected chi connectivity index (χ1v) is 7.30. The molecule has 0 unspecified atom stereocenters. The van der Waals surface area contributed by atoms with Gasteiger partial charge >= 0.3 is 5.97 Å². The van der Waals surface area contributed by atoms with Crippen LogP contribution in [0.5, 0.6) is 5.75 Å². The van der Waals surface area contributed by atoms with Crippen LogP contribution in [0.2, 0.25) is 0 Å². The molecular weight excluding hydrogens is 292 g/mol. The van der Waals surface area contributed by atoms with Crippen molar-refractivity contribution in [1.82, 2.24) is 0 Å². The van der Waals surface area contributed by atoms with Crippen molar-refractivity contribution in [1.29, 1.82) is 0 Å². The Morgan fingerprint density at radius 3 is 2.39 bits per heavy atom. The summed E-state index contributed by atoms with van der Waals surface area (Å²) in [4.78, 5) is 11.7. The highest BCUT2D eigenvalue weighted by molar-refractivity contribution is 6.05. The third-order valence-corrected chi connectivity index (χ3v) is 3.89. The van der Waals surface area contributed by atoms with Gasteiger partial charge in [0.15, 0.2) is 0 Å². The van der Waals surface area contributed by atoms with E-state index in [2.05, 4.69) is 0 Å². The van der Waals surface area contributed by atoms with Gasteiger partial charge in [-0.3, -0.25) is 0 Å². The Morgan fingerprint density at radius 1 is 1.00 bits per heavy atom. The molecule has 3 aromatic rings. The zero-order valence-electron chi connectivity index (χ0n) is 12.4. The van der Waals surface area contributed by atoms with Gasteiger partial charge in [-0.25, -0.2) is 4.79 Å². The molecule has 0 fully saturated rings. The lowest BCUT2D eigenvalue weighted by atomic mass is 9.88. The topological polar surface area (TPSA) is 77.8 Å². The molecule has 3 rings (SSSR count). The van der Waals surface area contributed by atoms with E-state index in [0.29, 0.717) is 10.9 Å². The summed E-state index contributed by atoms with van der Waals surface area (Å²) in [6, 6.07) is 15.9. The Labute approximate surface area is 133 Å². The van der Waals surface area contributed by atoms with Gasteiger partial charge in [-0.1, -0.05) is 36.4 Å². The number of fused-ring (bicyclic) bond motifs is 1. The van der Waals surface area contributed by atoms with Gasteiger partial charge in [0.25, 0.3) is 0 Å². The van der Waals surface area contributed by atoms with Crippen LogP contribution in [0.4, 0.5) is 0 Å². The molecule has 3 N–H and O–H groups in total. The maximum absolute atomic E-state index is 11.7. The minimum absolute atomic E-state index is 0.0859. The van der Waals surface area contributed by atoms with E-state index in [-0.39, 0.29) is 24.3 Å². The second-order valence-electron chi connectivity index (χ2n) is 5.33. The van der Waals surface area contributed by atoms with E-state index < -0.39 is 5.97 Å². The number of phenolic OH excluding ortho intramolecular Hbond substituents is 1. The summed E-state index contributed by atoms with van der Waals surface area (Å²) in [5.41, 5.74) is 2.42. The van der Waals surface area contributed by atoms with Crippen molar-refractivity contribution in [3.8, 4) is 16.9 Å². The first-order chi connectivity index (χ1) is 11.1. The molecule has 0 spiro atoms. The molecule has 116 valence electrons. The number of carboxylic acid groups (broad SMARTS) is 1. The predicted octanol–water partition coefficient (Wildman–Crippen LogP) is 3.45. The number of benzene rings is 3. The summed E-state index contributed by atoms with van der Waals surface area (Å²) in [6.07, 6.45) is 0.253. The Bertz CT molecular complexity index is 869. The molecule has 4 nitrogen and oxygen atoms in total. The Balaban J connectivity index is 2.45. The fraction of sp³-hybridized carbons (Fsp3) is 0.105. The lowest BCUT2D eigenvalue weighted by Crippen LogP contribution is -2.07. The minimum Gasteiger partial charge on any atom is -0.508 e. The molecule has 0 aliphatic rings. The normalized spacial score (nSPS) is 10.8. The van der Waals surface area contributed by atoms with E-state index in [1.54, 1.807) is 24.3 Å². The van der Waals surface area contributed by atoms with Gasteiger partial charge in [0.2, 0.25) is 0 Å². The summed E-state index contributed by atoms with van der Waals surface area (Å²) >= 11 is 0. The van der Waals surface area contributed by atoms with Crippen LogP contribution in [0.15, 0.2) is 54.6 Å². The summed E-state index contributed by atoms with van der Waals surface area (Å²) in [7, 11) is 0. The molecule has 0 saturated heterocycles. The molecule has 0 atom stereocenters. The van der Waals surface area contributed by atoms with Crippen molar-refractivity contribution in [3.05, 3.63) is 65.7 Å². The lowest BCUT2D eigenvalue weighted by molar-refractivity contribution is 0.0695. The summed E-state index contributed by atoms with van der Waals surface area (Å²) in [5.74, 6) is -0.960. The fourth-order valence-electron chi connectivity index (χ4n) is 2.93. The zero-order chi connectivity index (χ0) is 16.4. The van der Waals surface area contributed by atoms with Gasteiger partial charge in [-0.2, -0.15) is 0 Å². The molecule has 0 aromatic heterocycles. The standard InChI is InChI=1S/C19H16O4/c20-9-8-16-17(19(22)23)11-13-10-14(21)6-7-15(13)18(16)12-4-2-1-3-5-12/h1-7,10-11,20-21H,8-9H2,(H,22,23). The number of rotatable bonds is 4. The quantitative estimate of drug-likeness (QED) is 0.690. The van der Waals surface area contributed by atoms with Crippen molar-refractivity contribution in [2.45, 2.75) is 6.42 Å². The van der Waals surface area contributed by atoms with Crippen molar-refractivity contribution < 1.29 is 20.1 Å². The number of hydrogen-bond donors (Lipinski definition) is 3. The minimum atomic E-state index is -1.05. The van der Waals surface area contributed by atoms with Crippen LogP contribution in [0.25, 0.3) is 21.9 Å². The van der Waals surface area contributed by atoms with E-state index in [9.17, 15) is 20.1 Å². The maximum atomic E-state index is 11.7. The number of phenols is 1. The first-order valence-electron chi connectivity index (χ1n) is 7.30. The lowest BCUT2D eigenvalue weighted by Gasteiger charge is -2.16.